The van der Waals surface area contributed by atoms with Crippen molar-refractivity contribution < 1.29 is 18.3 Å². The molecule has 0 aromatic heterocycles. The maximum atomic E-state index is 13.3. The highest BCUT2D eigenvalue weighted by Gasteiger charge is 2.40. The normalized spacial score (nSPS) is 17.5. The van der Waals surface area contributed by atoms with Gasteiger partial charge in [0.25, 0.3) is 0 Å². The summed E-state index contributed by atoms with van der Waals surface area (Å²) in [5.41, 5.74) is 2.91. The zero-order valence-electron chi connectivity index (χ0n) is 18.0. The van der Waals surface area contributed by atoms with Gasteiger partial charge in [-0.2, -0.15) is 4.31 Å². The van der Waals surface area contributed by atoms with Crippen molar-refractivity contribution in [3.05, 3.63) is 90.5 Å². The molecule has 2 atom stereocenters. The average molecular weight is 483 g/mol. The largest absolute Gasteiger partial charge is 0.394 e. The van der Waals surface area contributed by atoms with Crippen LogP contribution in [0.25, 0.3) is 11.1 Å². The van der Waals surface area contributed by atoms with E-state index in [1.807, 2.05) is 60.7 Å². The predicted octanol–water partition coefficient (Wildman–Crippen LogP) is 3.14. The number of benzene rings is 3. The maximum absolute atomic E-state index is 13.3. The van der Waals surface area contributed by atoms with Crippen LogP contribution in [0.1, 0.15) is 5.56 Å². The van der Waals surface area contributed by atoms with Gasteiger partial charge in [-0.1, -0.05) is 72.8 Å². The van der Waals surface area contributed by atoms with Crippen LogP contribution >= 0.6 is 11.8 Å². The molecule has 172 valence electrons. The molecule has 8 heteroatoms. The van der Waals surface area contributed by atoms with Crippen molar-refractivity contribution in [1.82, 2.24) is 9.62 Å². The number of carbonyl (C=O) groups is 1. The van der Waals surface area contributed by atoms with Gasteiger partial charge in [0.1, 0.15) is 5.37 Å². The quantitative estimate of drug-likeness (QED) is 0.515. The fraction of sp³-hybridized carbons (Fsp3) is 0.240. The Labute approximate surface area is 198 Å². The van der Waals surface area contributed by atoms with Gasteiger partial charge in [-0.3, -0.25) is 4.79 Å². The van der Waals surface area contributed by atoms with Crippen molar-refractivity contribution in [1.29, 1.82) is 0 Å². The zero-order valence-corrected chi connectivity index (χ0v) is 19.6. The Balaban J connectivity index is 1.47. The highest BCUT2D eigenvalue weighted by Crippen LogP contribution is 2.31. The number of nitrogens with one attached hydrogen (secondary N) is 1. The molecule has 0 radical (unpaired) electrons. The number of sulfonamides is 1. The van der Waals surface area contributed by atoms with Crippen molar-refractivity contribution in [2.75, 3.05) is 18.9 Å². The fourth-order valence-electron chi connectivity index (χ4n) is 3.83. The molecule has 0 bridgehead atoms. The minimum atomic E-state index is -3.84. The lowest BCUT2D eigenvalue weighted by molar-refractivity contribution is -0.123. The highest BCUT2D eigenvalue weighted by atomic mass is 32.2. The molecule has 1 amide bonds. The van der Waals surface area contributed by atoms with E-state index in [0.29, 0.717) is 12.2 Å². The van der Waals surface area contributed by atoms with Gasteiger partial charge in [-0.25, -0.2) is 8.42 Å². The first kappa shape index (κ1) is 23.5. The van der Waals surface area contributed by atoms with Crippen LogP contribution in [0.3, 0.4) is 0 Å². The van der Waals surface area contributed by atoms with Gasteiger partial charge in [0.05, 0.1) is 17.5 Å². The van der Waals surface area contributed by atoms with E-state index in [-0.39, 0.29) is 18.0 Å². The van der Waals surface area contributed by atoms with Gasteiger partial charge in [0.2, 0.25) is 15.9 Å². The Hall–Kier alpha value is -2.65. The van der Waals surface area contributed by atoms with E-state index in [9.17, 15) is 18.3 Å². The lowest BCUT2D eigenvalue weighted by Gasteiger charge is -2.25. The summed E-state index contributed by atoms with van der Waals surface area (Å²) in [4.78, 5) is 13.1. The fourth-order valence-corrected chi connectivity index (χ4v) is 6.91. The van der Waals surface area contributed by atoms with Gasteiger partial charge in [-0.05, 0) is 35.2 Å². The second-order valence-electron chi connectivity index (χ2n) is 7.81. The minimum Gasteiger partial charge on any atom is -0.394 e. The first-order valence-corrected chi connectivity index (χ1v) is 13.2. The molecular formula is C25H26N2O4S2. The molecule has 1 aliphatic heterocycles. The number of thioether (sulfide) groups is 1. The highest BCUT2D eigenvalue weighted by molar-refractivity contribution is 8.02. The SMILES string of the molecule is O=C(N[C@@H](CO)Cc1ccccc1)C1SCCN1S(=O)(=O)c1ccc(-c2ccccc2)cc1. The van der Waals surface area contributed by atoms with Crippen molar-refractivity contribution in [3.8, 4) is 11.1 Å². The van der Waals surface area contributed by atoms with Crippen molar-refractivity contribution in [3.63, 3.8) is 0 Å². The molecule has 1 aliphatic rings. The molecule has 4 rings (SSSR count). The number of nitrogens with zero attached hydrogens (tertiary/aromatic N) is 1. The van der Waals surface area contributed by atoms with E-state index in [0.717, 1.165) is 16.7 Å². The number of hydrogen-bond donors (Lipinski definition) is 2. The number of hydrogen-bond acceptors (Lipinski definition) is 5. The molecular weight excluding hydrogens is 456 g/mol. The number of amides is 1. The number of aliphatic hydroxyl groups is 1. The number of carbonyl (C=O) groups excluding carboxylic acids is 1. The molecule has 0 saturated carbocycles. The molecule has 3 aromatic carbocycles. The Bertz CT molecular complexity index is 1170. The van der Waals surface area contributed by atoms with Crippen LogP contribution in [-0.2, 0) is 21.2 Å². The van der Waals surface area contributed by atoms with Gasteiger partial charge in [0.15, 0.2) is 0 Å². The third-order valence-electron chi connectivity index (χ3n) is 5.53. The number of rotatable bonds is 8. The third-order valence-corrected chi connectivity index (χ3v) is 8.75. The Kier molecular flexibility index (Phi) is 7.49. The molecule has 0 spiro atoms. The van der Waals surface area contributed by atoms with Crippen LogP contribution in [0, 0.1) is 0 Å². The van der Waals surface area contributed by atoms with E-state index >= 15 is 0 Å². The standard InChI is InChI=1S/C25H26N2O4S2/c28-18-22(17-19-7-3-1-4-8-19)26-24(29)25-27(15-16-32-25)33(30,31)23-13-11-21(12-14-23)20-9-5-2-6-10-20/h1-14,22,25,28H,15-18H2,(H,26,29)/t22-,25?/m1/s1. The lowest BCUT2D eigenvalue weighted by Crippen LogP contribution is -2.49. The van der Waals surface area contributed by atoms with Gasteiger partial charge >= 0.3 is 0 Å². The third kappa shape index (κ3) is 5.47. The summed E-state index contributed by atoms with van der Waals surface area (Å²) in [5.74, 6) is 0.124. The van der Waals surface area contributed by atoms with E-state index in [1.165, 1.54) is 16.1 Å². The lowest BCUT2D eigenvalue weighted by atomic mass is 10.1. The first-order chi connectivity index (χ1) is 16.0. The van der Waals surface area contributed by atoms with Gasteiger partial charge in [0, 0.05) is 12.3 Å². The van der Waals surface area contributed by atoms with Crippen LogP contribution in [0.4, 0.5) is 0 Å². The molecule has 1 saturated heterocycles. The second-order valence-corrected chi connectivity index (χ2v) is 10.9. The van der Waals surface area contributed by atoms with Crippen molar-refractivity contribution >= 4 is 27.7 Å². The van der Waals surface area contributed by atoms with Crippen LogP contribution in [0.5, 0.6) is 0 Å². The smallest absolute Gasteiger partial charge is 0.249 e. The molecule has 1 heterocycles. The summed E-state index contributed by atoms with van der Waals surface area (Å²) in [7, 11) is -3.84. The first-order valence-electron chi connectivity index (χ1n) is 10.7. The predicted molar refractivity (Wildman–Crippen MR) is 131 cm³/mol. The average Bonchev–Trinajstić information content (AvgIpc) is 3.36. The van der Waals surface area contributed by atoms with Gasteiger partial charge < -0.3 is 10.4 Å². The maximum Gasteiger partial charge on any atom is 0.249 e. The number of aliphatic hydroxyl groups excluding tert-OH is 1. The van der Waals surface area contributed by atoms with Crippen LogP contribution in [0.15, 0.2) is 89.8 Å². The molecule has 6 nitrogen and oxygen atoms in total. The van der Waals surface area contributed by atoms with Crippen LogP contribution in [-0.4, -0.2) is 54.1 Å². The molecule has 1 fully saturated rings. The summed E-state index contributed by atoms with van der Waals surface area (Å²) < 4.78 is 27.9. The molecule has 1 unspecified atom stereocenters. The summed E-state index contributed by atoms with van der Waals surface area (Å²) in [6.07, 6.45) is 0.466. The zero-order chi connectivity index (χ0) is 23.3. The van der Waals surface area contributed by atoms with Gasteiger partial charge in [-0.15, -0.1) is 11.8 Å². The van der Waals surface area contributed by atoms with Crippen molar-refractivity contribution in [2.24, 2.45) is 0 Å². The minimum absolute atomic E-state index is 0.158. The Morgan fingerprint density at radius 1 is 0.970 bits per heavy atom. The van der Waals surface area contributed by atoms with E-state index < -0.39 is 27.3 Å². The molecule has 2 N–H and O–H groups in total. The van der Waals surface area contributed by atoms with E-state index in [4.69, 9.17) is 0 Å². The Morgan fingerprint density at radius 3 is 2.21 bits per heavy atom. The molecule has 3 aromatic rings. The van der Waals surface area contributed by atoms with Crippen molar-refractivity contribution in [2.45, 2.75) is 22.7 Å². The van der Waals surface area contributed by atoms with Crippen LogP contribution < -0.4 is 5.32 Å². The Morgan fingerprint density at radius 2 is 1.58 bits per heavy atom. The summed E-state index contributed by atoms with van der Waals surface area (Å²) >= 11 is 1.29. The molecule has 0 aliphatic carbocycles. The van der Waals surface area contributed by atoms with Crippen LogP contribution in [0.2, 0.25) is 0 Å². The monoisotopic (exact) mass is 482 g/mol. The topological polar surface area (TPSA) is 86.7 Å². The van der Waals surface area contributed by atoms with E-state index in [2.05, 4.69) is 5.32 Å². The molecule has 33 heavy (non-hydrogen) atoms. The summed E-state index contributed by atoms with van der Waals surface area (Å²) in [5, 5.41) is 11.7. The van der Waals surface area contributed by atoms with E-state index in [1.54, 1.807) is 24.3 Å². The summed E-state index contributed by atoms with van der Waals surface area (Å²) in [6.45, 7) is 0.0275. The summed E-state index contributed by atoms with van der Waals surface area (Å²) in [6, 6.07) is 25.5. The second kappa shape index (κ2) is 10.5.